The molecule has 0 aromatic heterocycles. The van der Waals surface area contributed by atoms with Crippen molar-refractivity contribution in [2.75, 3.05) is 26.3 Å². The van der Waals surface area contributed by atoms with Crippen LogP contribution in [0.4, 0.5) is 0 Å². The molecule has 3 unspecified atom stereocenters. The Kier molecular flexibility index (Phi) is 6.26. The molecule has 0 radical (unpaired) electrons. The number of aldehydes is 1. The fourth-order valence-electron chi connectivity index (χ4n) is 9.25. The number of allylic oxidation sites excluding steroid dienone is 1. The van der Waals surface area contributed by atoms with E-state index in [-0.39, 0.29) is 30.4 Å². The van der Waals surface area contributed by atoms with Crippen LogP contribution in [0.5, 0.6) is 0 Å². The van der Waals surface area contributed by atoms with E-state index in [2.05, 4.69) is 51.3 Å². The van der Waals surface area contributed by atoms with Gasteiger partial charge >= 0.3 is 5.97 Å². The first kappa shape index (κ1) is 25.6. The Hall–Kier alpha value is -2.01. The summed E-state index contributed by atoms with van der Waals surface area (Å²) in [6.45, 7) is 13.9. The summed E-state index contributed by atoms with van der Waals surface area (Å²) in [4.78, 5) is 28.8. The van der Waals surface area contributed by atoms with Gasteiger partial charge in [0.1, 0.15) is 11.7 Å². The lowest BCUT2D eigenvalue weighted by Crippen LogP contribution is -2.64. The summed E-state index contributed by atoms with van der Waals surface area (Å²) in [7, 11) is 0. The summed E-state index contributed by atoms with van der Waals surface area (Å²) >= 11 is 0. The van der Waals surface area contributed by atoms with Crippen LogP contribution < -0.4 is 0 Å². The summed E-state index contributed by atoms with van der Waals surface area (Å²) in [5.74, 6) is 0.103. The van der Waals surface area contributed by atoms with Gasteiger partial charge in [-0.25, -0.2) is 0 Å². The molecule has 1 N–H and O–H groups in total. The standard InChI is InChI=1S/C29H40N2O5/c1-17(2)24-8-21-9-27(15-32)23-7-6-19(4)22(23)10-28(21,29(24,27)26(33)34)16-36-25-13-31(12-18(3)11-30)20(5)14-35-25/h8,15,17,19-23,25H,3,6-7,9-10,12-14,16H2,1-2,4-5H3,(H,33,34)/t19-,20-,21?,22-,23-,25+,27?,28?,29+/m1/s1. The van der Waals surface area contributed by atoms with Crippen LogP contribution in [0.2, 0.25) is 0 Å². The number of morpholine rings is 1. The molecule has 5 rings (SSSR count). The Morgan fingerprint density at radius 3 is 2.78 bits per heavy atom. The van der Waals surface area contributed by atoms with Crippen LogP contribution in [-0.2, 0) is 19.1 Å². The maximum atomic E-state index is 13.5. The third-order valence-corrected chi connectivity index (χ3v) is 10.7. The normalized spacial score (nSPS) is 45.3. The molecule has 4 aliphatic carbocycles. The molecule has 9 atom stereocenters. The number of nitrogens with zero attached hydrogens (tertiary/aromatic N) is 2. The summed E-state index contributed by atoms with van der Waals surface area (Å²) < 4.78 is 12.5. The summed E-state index contributed by atoms with van der Waals surface area (Å²) in [6.07, 6.45) is 6.08. The second-order valence-electron chi connectivity index (χ2n) is 12.6. The van der Waals surface area contributed by atoms with E-state index >= 15 is 0 Å². The minimum Gasteiger partial charge on any atom is -0.481 e. The first-order chi connectivity index (χ1) is 17.1. The zero-order valence-electron chi connectivity index (χ0n) is 22.0. The summed E-state index contributed by atoms with van der Waals surface area (Å²) in [5.41, 5.74) is -1.36. The van der Waals surface area contributed by atoms with Gasteiger partial charge in [0.25, 0.3) is 0 Å². The lowest BCUT2D eigenvalue weighted by Gasteiger charge is -2.58. The zero-order chi connectivity index (χ0) is 26.0. The van der Waals surface area contributed by atoms with Crippen LogP contribution in [0.25, 0.3) is 0 Å². The van der Waals surface area contributed by atoms with E-state index in [4.69, 9.17) is 9.47 Å². The third-order valence-electron chi connectivity index (χ3n) is 10.7. The van der Waals surface area contributed by atoms with Gasteiger partial charge in [0.05, 0.1) is 31.2 Å². The van der Waals surface area contributed by atoms with Crippen LogP contribution in [0.3, 0.4) is 0 Å². The molecule has 0 spiro atoms. The number of nitriles is 1. The molecule has 1 heterocycles. The molecule has 0 aromatic rings. The summed E-state index contributed by atoms with van der Waals surface area (Å²) in [6, 6.07) is 2.25. The topological polar surface area (TPSA) is 99.9 Å². The molecule has 5 aliphatic rings. The number of hydrogen-bond acceptors (Lipinski definition) is 6. The number of aliphatic carboxylic acids is 1. The van der Waals surface area contributed by atoms with E-state index in [1.807, 2.05) is 0 Å². The average molecular weight is 497 g/mol. The molecular weight excluding hydrogens is 456 g/mol. The van der Waals surface area contributed by atoms with Gasteiger partial charge in [-0.3, -0.25) is 9.69 Å². The Bertz CT molecular complexity index is 1030. The zero-order valence-corrected chi connectivity index (χ0v) is 22.0. The molecule has 1 saturated heterocycles. The number of ether oxygens (including phenoxy) is 2. The number of carboxylic acids is 1. The average Bonchev–Trinajstić information content (AvgIpc) is 3.41. The Morgan fingerprint density at radius 1 is 1.39 bits per heavy atom. The molecule has 196 valence electrons. The summed E-state index contributed by atoms with van der Waals surface area (Å²) in [5, 5.41) is 20.3. The first-order valence-corrected chi connectivity index (χ1v) is 13.5. The van der Waals surface area contributed by atoms with Crippen molar-refractivity contribution in [1.29, 1.82) is 5.26 Å². The monoisotopic (exact) mass is 496 g/mol. The first-order valence-electron chi connectivity index (χ1n) is 13.5. The van der Waals surface area contributed by atoms with Crippen LogP contribution in [0.1, 0.15) is 53.4 Å². The highest BCUT2D eigenvalue weighted by molar-refractivity contribution is 5.90. The second kappa shape index (κ2) is 8.79. The lowest BCUT2D eigenvalue weighted by molar-refractivity contribution is -0.227. The van der Waals surface area contributed by atoms with E-state index in [0.717, 1.165) is 31.1 Å². The smallest absolute Gasteiger partial charge is 0.315 e. The highest BCUT2D eigenvalue weighted by Crippen LogP contribution is 2.82. The minimum absolute atomic E-state index is 0.00554. The molecule has 0 amide bonds. The van der Waals surface area contributed by atoms with Gasteiger partial charge < -0.3 is 19.4 Å². The van der Waals surface area contributed by atoms with Gasteiger partial charge in [-0.05, 0) is 55.8 Å². The molecule has 0 aromatic carbocycles. The Balaban J connectivity index is 1.50. The van der Waals surface area contributed by atoms with Gasteiger partial charge in [0.2, 0.25) is 0 Å². The molecule has 4 bridgehead atoms. The number of hydrogen-bond donors (Lipinski definition) is 1. The van der Waals surface area contributed by atoms with E-state index in [9.17, 15) is 20.0 Å². The van der Waals surface area contributed by atoms with E-state index in [0.29, 0.717) is 43.5 Å². The van der Waals surface area contributed by atoms with Crippen molar-refractivity contribution in [1.82, 2.24) is 4.90 Å². The van der Waals surface area contributed by atoms with Crippen LogP contribution in [0, 0.1) is 57.2 Å². The van der Waals surface area contributed by atoms with Crippen molar-refractivity contribution in [3.63, 3.8) is 0 Å². The van der Waals surface area contributed by atoms with Gasteiger partial charge in [-0.2, -0.15) is 5.26 Å². The van der Waals surface area contributed by atoms with Crippen LogP contribution >= 0.6 is 0 Å². The van der Waals surface area contributed by atoms with Gasteiger partial charge in [-0.1, -0.05) is 45.4 Å². The number of rotatable bonds is 8. The largest absolute Gasteiger partial charge is 0.481 e. The van der Waals surface area contributed by atoms with Crippen molar-refractivity contribution in [2.45, 2.75) is 65.7 Å². The SMILES string of the molecule is C=C(C#N)CN1C[C@H](OCC23C[C@@H]4[C@H](C)CC[C@H]4C4(C=O)CC2C=C(C(C)C)[C@@]34C(=O)O)OC[C@H]1C. The Morgan fingerprint density at radius 2 is 2.14 bits per heavy atom. The second-order valence-corrected chi connectivity index (χ2v) is 12.6. The molecule has 3 saturated carbocycles. The number of carbonyl (C=O) groups excluding carboxylic acids is 1. The molecule has 36 heavy (non-hydrogen) atoms. The highest BCUT2D eigenvalue weighted by Gasteiger charge is 2.84. The van der Waals surface area contributed by atoms with Crippen molar-refractivity contribution >= 4 is 12.3 Å². The maximum Gasteiger partial charge on any atom is 0.315 e. The maximum absolute atomic E-state index is 13.5. The number of carbonyl (C=O) groups is 2. The molecule has 7 heteroatoms. The fourth-order valence-corrected chi connectivity index (χ4v) is 9.25. The van der Waals surface area contributed by atoms with Gasteiger partial charge in [0, 0.05) is 23.6 Å². The molecule has 1 aliphatic heterocycles. The van der Waals surface area contributed by atoms with Crippen molar-refractivity contribution in [3.05, 3.63) is 23.8 Å². The van der Waals surface area contributed by atoms with E-state index < -0.39 is 28.5 Å². The highest BCUT2D eigenvalue weighted by atomic mass is 16.7. The molecular formula is C29H40N2O5. The van der Waals surface area contributed by atoms with E-state index in [1.165, 1.54) is 0 Å². The number of fused-ring (bicyclic) bond motifs is 2. The van der Waals surface area contributed by atoms with E-state index in [1.54, 1.807) is 0 Å². The quantitative estimate of drug-likeness (QED) is 0.307. The predicted molar refractivity (Wildman–Crippen MR) is 134 cm³/mol. The van der Waals surface area contributed by atoms with Crippen LogP contribution in [-0.4, -0.2) is 60.9 Å². The van der Waals surface area contributed by atoms with Gasteiger partial charge in [-0.15, -0.1) is 0 Å². The molecule has 4 fully saturated rings. The van der Waals surface area contributed by atoms with Gasteiger partial charge in [0.15, 0.2) is 6.29 Å². The van der Waals surface area contributed by atoms with Crippen molar-refractivity contribution < 1.29 is 24.2 Å². The van der Waals surface area contributed by atoms with Crippen molar-refractivity contribution in [3.8, 4) is 6.07 Å². The Labute approximate surface area is 214 Å². The minimum atomic E-state index is -1.23. The molecule has 7 nitrogen and oxygen atoms in total. The van der Waals surface area contributed by atoms with Crippen molar-refractivity contribution in [2.24, 2.45) is 45.8 Å². The number of carboxylic acid groups (broad SMARTS) is 1. The predicted octanol–water partition coefficient (Wildman–Crippen LogP) is 4.05. The third kappa shape index (κ3) is 3.14. The fraction of sp³-hybridized carbons (Fsp3) is 0.759. The van der Waals surface area contributed by atoms with Crippen LogP contribution in [0.15, 0.2) is 23.8 Å². The lowest BCUT2D eigenvalue weighted by atomic mass is 9.43.